The lowest BCUT2D eigenvalue weighted by molar-refractivity contribution is -0.139. The lowest BCUT2D eigenvalue weighted by atomic mass is 10.3. The molecular formula is C8H13N3O5S. The number of carboxylic acid groups (broad SMARTS) is 1. The minimum atomic E-state index is -4.03. The summed E-state index contributed by atoms with van der Waals surface area (Å²) in [5.41, 5.74) is 0. The van der Waals surface area contributed by atoms with E-state index >= 15 is 0 Å². The Bertz CT molecular complexity index is 495. The number of hydrogen-bond acceptors (Lipinski definition) is 5. The number of rotatable bonds is 6. The van der Waals surface area contributed by atoms with Gasteiger partial charge in [0, 0.05) is 12.7 Å². The van der Waals surface area contributed by atoms with Gasteiger partial charge in [-0.1, -0.05) is 0 Å². The summed E-state index contributed by atoms with van der Waals surface area (Å²) in [5.74, 6) is -1.45. The van der Waals surface area contributed by atoms with E-state index in [0.29, 0.717) is 6.54 Å². The first-order valence-electron chi connectivity index (χ1n) is 4.78. The molecule has 9 heteroatoms. The van der Waals surface area contributed by atoms with Crippen molar-refractivity contribution in [1.82, 2.24) is 14.3 Å². The molecule has 0 unspecified atom stereocenters. The molecule has 0 radical (unpaired) electrons. The molecule has 0 saturated carbocycles. The molecule has 0 aliphatic heterocycles. The predicted octanol–water partition coefficient (Wildman–Crippen LogP) is -1.37. The zero-order valence-corrected chi connectivity index (χ0v) is 9.88. The van der Waals surface area contributed by atoms with Crippen LogP contribution in [0.3, 0.4) is 0 Å². The average Bonchev–Trinajstić information content (AvgIpc) is 2.74. The maximum absolute atomic E-state index is 11.7. The molecule has 0 amide bonds. The monoisotopic (exact) mass is 263 g/mol. The third-order valence-electron chi connectivity index (χ3n) is 2.03. The van der Waals surface area contributed by atoms with E-state index in [1.165, 1.54) is 17.1 Å². The Hall–Kier alpha value is -1.45. The van der Waals surface area contributed by atoms with Crippen molar-refractivity contribution in [2.45, 2.75) is 24.5 Å². The Balaban J connectivity index is 2.91. The van der Waals surface area contributed by atoms with Crippen molar-refractivity contribution in [2.24, 2.45) is 0 Å². The molecule has 8 nitrogen and oxygen atoms in total. The molecule has 1 aromatic heterocycles. The lowest BCUT2D eigenvalue weighted by Crippen LogP contribution is -2.43. The molecule has 0 spiro atoms. The highest BCUT2D eigenvalue weighted by Crippen LogP contribution is 2.06. The number of nitrogens with one attached hydrogen (secondary N) is 1. The number of imidazole rings is 1. The molecule has 0 bridgehead atoms. The number of aliphatic hydroxyl groups excluding tert-OH is 1. The normalized spacial score (nSPS) is 13.5. The predicted molar refractivity (Wildman–Crippen MR) is 56.7 cm³/mol. The fraction of sp³-hybridized carbons (Fsp3) is 0.500. The van der Waals surface area contributed by atoms with Gasteiger partial charge in [0.25, 0.3) is 10.0 Å². The van der Waals surface area contributed by atoms with Crippen molar-refractivity contribution in [3.8, 4) is 0 Å². The molecular weight excluding hydrogens is 250 g/mol. The van der Waals surface area contributed by atoms with Crippen LogP contribution in [0.15, 0.2) is 17.6 Å². The van der Waals surface area contributed by atoms with Crippen LogP contribution in [-0.2, 0) is 21.4 Å². The van der Waals surface area contributed by atoms with E-state index in [-0.39, 0.29) is 5.03 Å². The number of aliphatic hydroxyl groups is 1. The molecule has 1 heterocycles. The largest absolute Gasteiger partial charge is 0.480 e. The van der Waals surface area contributed by atoms with Crippen LogP contribution in [0, 0.1) is 0 Å². The summed E-state index contributed by atoms with van der Waals surface area (Å²) in [6, 6.07) is -1.58. The van der Waals surface area contributed by atoms with Gasteiger partial charge in [0.15, 0.2) is 5.03 Å². The summed E-state index contributed by atoms with van der Waals surface area (Å²) < 4.78 is 26.7. The Morgan fingerprint density at radius 1 is 1.65 bits per heavy atom. The van der Waals surface area contributed by atoms with E-state index in [0.717, 1.165) is 0 Å². The Kier molecular flexibility index (Phi) is 4.21. The van der Waals surface area contributed by atoms with Gasteiger partial charge in [-0.3, -0.25) is 4.79 Å². The number of carboxylic acids is 1. The number of sulfonamides is 1. The zero-order chi connectivity index (χ0) is 13.1. The summed E-state index contributed by atoms with van der Waals surface area (Å²) in [6.07, 6.45) is 2.60. The standard InChI is InChI=1S/C8H13N3O5S/c1-2-11-3-7(9-5-11)17(15,16)10-6(4-12)8(13)14/h3,5-6,10,12H,2,4H2,1H3,(H,13,14)/t6-/m0/s1. The summed E-state index contributed by atoms with van der Waals surface area (Å²) in [4.78, 5) is 14.2. The second-order valence-electron chi connectivity index (χ2n) is 3.24. The van der Waals surface area contributed by atoms with Gasteiger partial charge in [0.2, 0.25) is 0 Å². The van der Waals surface area contributed by atoms with Crippen LogP contribution < -0.4 is 4.72 Å². The first kappa shape index (κ1) is 13.6. The van der Waals surface area contributed by atoms with Crippen molar-refractivity contribution in [3.05, 3.63) is 12.5 Å². The van der Waals surface area contributed by atoms with Crippen molar-refractivity contribution in [2.75, 3.05) is 6.61 Å². The van der Waals surface area contributed by atoms with Crippen LogP contribution >= 0.6 is 0 Å². The van der Waals surface area contributed by atoms with Crippen LogP contribution in [0.2, 0.25) is 0 Å². The number of aliphatic carboxylic acids is 1. The van der Waals surface area contributed by atoms with E-state index < -0.39 is 28.6 Å². The number of hydrogen-bond donors (Lipinski definition) is 3. The van der Waals surface area contributed by atoms with Gasteiger partial charge in [0.05, 0.1) is 12.9 Å². The number of carbonyl (C=O) groups is 1. The smallest absolute Gasteiger partial charge is 0.324 e. The van der Waals surface area contributed by atoms with Crippen molar-refractivity contribution < 1.29 is 23.4 Å². The molecule has 0 saturated heterocycles. The quantitative estimate of drug-likeness (QED) is 0.582. The molecule has 96 valence electrons. The Morgan fingerprint density at radius 3 is 2.71 bits per heavy atom. The maximum Gasteiger partial charge on any atom is 0.324 e. The van der Waals surface area contributed by atoms with Gasteiger partial charge in [-0.2, -0.15) is 4.72 Å². The minimum absolute atomic E-state index is 0.279. The number of aryl methyl sites for hydroxylation is 1. The second kappa shape index (κ2) is 5.25. The van der Waals surface area contributed by atoms with Gasteiger partial charge in [0.1, 0.15) is 6.04 Å². The molecule has 1 atom stereocenters. The molecule has 0 aliphatic rings. The molecule has 3 N–H and O–H groups in total. The van der Waals surface area contributed by atoms with E-state index in [1.807, 2.05) is 4.72 Å². The highest BCUT2D eigenvalue weighted by Gasteiger charge is 2.26. The molecule has 17 heavy (non-hydrogen) atoms. The van der Waals surface area contributed by atoms with Crippen molar-refractivity contribution in [1.29, 1.82) is 0 Å². The van der Waals surface area contributed by atoms with Crippen LogP contribution in [0.1, 0.15) is 6.92 Å². The van der Waals surface area contributed by atoms with Crippen LogP contribution in [-0.4, -0.2) is 46.8 Å². The molecule has 1 rings (SSSR count). The summed E-state index contributed by atoms with van der Waals surface area (Å²) in [7, 11) is -4.03. The van der Waals surface area contributed by atoms with E-state index in [9.17, 15) is 13.2 Å². The molecule has 0 aliphatic carbocycles. The maximum atomic E-state index is 11.7. The first-order valence-corrected chi connectivity index (χ1v) is 6.26. The number of aromatic nitrogens is 2. The Morgan fingerprint density at radius 2 is 2.29 bits per heavy atom. The van der Waals surface area contributed by atoms with Crippen molar-refractivity contribution in [3.63, 3.8) is 0 Å². The fourth-order valence-corrected chi connectivity index (χ4v) is 2.20. The third-order valence-corrected chi connectivity index (χ3v) is 3.38. The average molecular weight is 263 g/mol. The van der Waals surface area contributed by atoms with Crippen LogP contribution in [0.5, 0.6) is 0 Å². The second-order valence-corrected chi connectivity index (χ2v) is 4.90. The SMILES string of the molecule is CCn1cnc(S(=O)(=O)N[C@@H](CO)C(=O)O)c1. The van der Waals surface area contributed by atoms with Gasteiger partial charge in [-0.15, -0.1) is 0 Å². The fourth-order valence-electron chi connectivity index (χ4n) is 1.06. The van der Waals surface area contributed by atoms with Gasteiger partial charge >= 0.3 is 5.97 Å². The Labute approximate surface area is 98.0 Å². The summed E-state index contributed by atoms with van der Waals surface area (Å²) in [6.45, 7) is 1.52. The number of nitrogens with zero attached hydrogens (tertiary/aromatic N) is 2. The highest BCUT2D eigenvalue weighted by atomic mass is 32.2. The van der Waals surface area contributed by atoms with Crippen LogP contribution in [0.4, 0.5) is 0 Å². The third kappa shape index (κ3) is 3.25. The van der Waals surface area contributed by atoms with E-state index in [4.69, 9.17) is 10.2 Å². The van der Waals surface area contributed by atoms with Gasteiger partial charge in [-0.05, 0) is 6.92 Å². The molecule has 1 aromatic rings. The van der Waals surface area contributed by atoms with E-state index in [1.54, 1.807) is 6.92 Å². The highest BCUT2D eigenvalue weighted by molar-refractivity contribution is 7.89. The summed E-state index contributed by atoms with van der Waals surface area (Å²) >= 11 is 0. The topological polar surface area (TPSA) is 122 Å². The van der Waals surface area contributed by atoms with Gasteiger partial charge in [-0.25, -0.2) is 13.4 Å². The van der Waals surface area contributed by atoms with E-state index in [2.05, 4.69) is 4.98 Å². The lowest BCUT2D eigenvalue weighted by Gasteiger charge is -2.10. The van der Waals surface area contributed by atoms with Gasteiger partial charge < -0.3 is 14.8 Å². The minimum Gasteiger partial charge on any atom is -0.480 e. The molecule has 0 aromatic carbocycles. The van der Waals surface area contributed by atoms with Crippen LogP contribution in [0.25, 0.3) is 0 Å². The molecule has 0 fully saturated rings. The zero-order valence-electron chi connectivity index (χ0n) is 9.07. The van der Waals surface area contributed by atoms with Crippen molar-refractivity contribution >= 4 is 16.0 Å². The summed E-state index contributed by atoms with van der Waals surface area (Å²) in [5, 5.41) is 17.1. The first-order chi connectivity index (χ1) is 7.90.